The van der Waals surface area contributed by atoms with Crippen molar-refractivity contribution in [1.29, 1.82) is 5.26 Å². The lowest BCUT2D eigenvalue weighted by Gasteiger charge is -2.07. The van der Waals surface area contributed by atoms with Gasteiger partial charge in [-0.3, -0.25) is 14.9 Å². The Kier molecular flexibility index (Phi) is 7.59. The van der Waals surface area contributed by atoms with Gasteiger partial charge in [-0.05, 0) is 54.1 Å². The molecule has 0 bridgehead atoms. The third kappa shape index (κ3) is 5.97. The summed E-state index contributed by atoms with van der Waals surface area (Å²) in [5.74, 6) is -0.612. The average Bonchev–Trinajstić information content (AvgIpc) is 2.83. The first-order valence-corrected chi connectivity index (χ1v) is 10.0. The standard InChI is InChI=1S/C24H16ClN3O6/c1-33-19-8-5-16(6-9-19)24(30)34-20-4-2-3-15(12-20)11-17(14-26)23(29)27-22-13-18(28(31)32)7-10-21(22)25/h2-13H,1H3,(H,27,29)/b17-11+. The molecule has 3 rings (SSSR count). The first-order valence-electron chi connectivity index (χ1n) is 9.64. The number of benzene rings is 3. The van der Waals surface area contributed by atoms with E-state index in [1.807, 2.05) is 0 Å². The molecule has 0 saturated carbocycles. The zero-order valence-corrected chi connectivity index (χ0v) is 18.4. The number of carbonyl (C=O) groups excluding carboxylic acids is 2. The number of nitro groups is 1. The highest BCUT2D eigenvalue weighted by Gasteiger charge is 2.15. The van der Waals surface area contributed by atoms with Crippen LogP contribution in [0.1, 0.15) is 15.9 Å². The summed E-state index contributed by atoms with van der Waals surface area (Å²) in [7, 11) is 1.51. The number of nitriles is 1. The number of ether oxygens (including phenoxy) is 2. The number of nitrogens with one attached hydrogen (secondary N) is 1. The fourth-order valence-electron chi connectivity index (χ4n) is 2.79. The van der Waals surface area contributed by atoms with E-state index in [1.165, 1.54) is 31.4 Å². The molecule has 0 atom stereocenters. The van der Waals surface area contributed by atoms with E-state index in [-0.39, 0.29) is 27.7 Å². The molecule has 9 nitrogen and oxygen atoms in total. The summed E-state index contributed by atoms with van der Waals surface area (Å²) in [6, 6.07) is 17.9. The van der Waals surface area contributed by atoms with E-state index in [0.717, 1.165) is 6.07 Å². The minimum Gasteiger partial charge on any atom is -0.497 e. The number of rotatable bonds is 7. The van der Waals surface area contributed by atoms with Gasteiger partial charge in [0, 0.05) is 12.1 Å². The van der Waals surface area contributed by atoms with Gasteiger partial charge in [0.15, 0.2) is 0 Å². The van der Waals surface area contributed by atoms with Gasteiger partial charge in [-0.15, -0.1) is 0 Å². The van der Waals surface area contributed by atoms with Crippen molar-refractivity contribution < 1.29 is 24.0 Å². The summed E-state index contributed by atoms with van der Waals surface area (Å²) < 4.78 is 10.4. The van der Waals surface area contributed by atoms with Gasteiger partial charge in [-0.2, -0.15) is 5.26 Å². The monoisotopic (exact) mass is 477 g/mol. The van der Waals surface area contributed by atoms with Crippen molar-refractivity contribution in [3.63, 3.8) is 0 Å². The zero-order chi connectivity index (χ0) is 24.7. The topological polar surface area (TPSA) is 132 Å². The first-order chi connectivity index (χ1) is 16.3. The molecule has 3 aromatic carbocycles. The molecule has 0 aliphatic rings. The Labute approximate surface area is 198 Å². The second-order valence-electron chi connectivity index (χ2n) is 6.74. The number of non-ortho nitro benzene ring substituents is 1. The number of hydrogen-bond acceptors (Lipinski definition) is 7. The van der Waals surface area contributed by atoms with Crippen LogP contribution < -0.4 is 14.8 Å². The zero-order valence-electron chi connectivity index (χ0n) is 17.7. The van der Waals surface area contributed by atoms with Crippen LogP contribution in [-0.4, -0.2) is 23.9 Å². The normalized spacial score (nSPS) is 10.7. The largest absolute Gasteiger partial charge is 0.497 e. The molecule has 1 amide bonds. The molecule has 0 unspecified atom stereocenters. The van der Waals surface area contributed by atoms with Crippen molar-refractivity contribution in [2.24, 2.45) is 0 Å². The van der Waals surface area contributed by atoms with E-state index in [2.05, 4.69) is 5.32 Å². The second-order valence-corrected chi connectivity index (χ2v) is 7.14. The summed E-state index contributed by atoms with van der Waals surface area (Å²) in [6.45, 7) is 0. The summed E-state index contributed by atoms with van der Waals surface area (Å²) in [5.41, 5.74) is 0.156. The molecule has 0 aromatic heterocycles. The highest BCUT2D eigenvalue weighted by molar-refractivity contribution is 6.34. The molecule has 170 valence electrons. The van der Waals surface area contributed by atoms with Crippen molar-refractivity contribution in [3.05, 3.63) is 98.6 Å². The number of nitrogens with zero attached hydrogens (tertiary/aromatic N) is 2. The number of halogens is 1. The molecular formula is C24H16ClN3O6. The van der Waals surface area contributed by atoms with Gasteiger partial charge < -0.3 is 14.8 Å². The average molecular weight is 478 g/mol. The number of carbonyl (C=O) groups is 2. The third-order valence-corrected chi connectivity index (χ3v) is 4.81. The van der Waals surface area contributed by atoms with Crippen LogP contribution in [0.5, 0.6) is 11.5 Å². The molecule has 0 aliphatic heterocycles. The summed E-state index contributed by atoms with van der Waals surface area (Å²) in [6.07, 6.45) is 1.28. The predicted octanol–water partition coefficient (Wildman–Crippen LogP) is 5.02. The van der Waals surface area contributed by atoms with Gasteiger partial charge in [0.2, 0.25) is 0 Å². The maximum atomic E-state index is 12.6. The summed E-state index contributed by atoms with van der Waals surface area (Å²) in [4.78, 5) is 35.2. The maximum absolute atomic E-state index is 12.6. The van der Waals surface area contributed by atoms with Gasteiger partial charge in [-0.1, -0.05) is 23.7 Å². The molecule has 34 heavy (non-hydrogen) atoms. The van der Waals surface area contributed by atoms with Gasteiger partial charge in [0.05, 0.1) is 28.3 Å². The number of esters is 1. The number of methoxy groups -OCH3 is 1. The predicted molar refractivity (Wildman–Crippen MR) is 125 cm³/mol. The van der Waals surface area contributed by atoms with Crippen LogP contribution in [-0.2, 0) is 4.79 Å². The molecule has 0 aliphatic carbocycles. The van der Waals surface area contributed by atoms with Crippen LogP contribution in [0.25, 0.3) is 6.08 Å². The van der Waals surface area contributed by atoms with Gasteiger partial charge in [-0.25, -0.2) is 4.79 Å². The maximum Gasteiger partial charge on any atom is 0.343 e. The Bertz CT molecular complexity index is 1330. The molecule has 0 spiro atoms. The van der Waals surface area contributed by atoms with Crippen LogP contribution >= 0.6 is 11.6 Å². The number of amides is 1. The van der Waals surface area contributed by atoms with Crippen molar-refractivity contribution in [2.45, 2.75) is 0 Å². The fraction of sp³-hybridized carbons (Fsp3) is 0.0417. The second kappa shape index (κ2) is 10.8. The van der Waals surface area contributed by atoms with Crippen molar-refractivity contribution >= 4 is 40.9 Å². The van der Waals surface area contributed by atoms with E-state index >= 15 is 0 Å². The van der Waals surface area contributed by atoms with E-state index in [9.17, 15) is 25.0 Å². The Hall–Kier alpha value is -4.68. The Morgan fingerprint density at radius 2 is 1.82 bits per heavy atom. The Balaban J connectivity index is 1.77. The van der Waals surface area contributed by atoms with Crippen LogP contribution in [0.4, 0.5) is 11.4 Å². The fourth-order valence-corrected chi connectivity index (χ4v) is 2.95. The smallest absolute Gasteiger partial charge is 0.343 e. The van der Waals surface area contributed by atoms with E-state index in [1.54, 1.807) is 48.5 Å². The lowest BCUT2D eigenvalue weighted by Crippen LogP contribution is -2.14. The number of anilines is 1. The quantitative estimate of drug-likeness (QED) is 0.126. The minimum absolute atomic E-state index is 0.0100. The molecular weight excluding hydrogens is 462 g/mol. The molecule has 10 heteroatoms. The lowest BCUT2D eigenvalue weighted by molar-refractivity contribution is -0.384. The first kappa shape index (κ1) is 24.0. The van der Waals surface area contributed by atoms with Crippen LogP contribution in [0.15, 0.2) is 72.3 Å². The van der Waals surface area contributed by atoms with Crippen molar-refractivity contribution in [2.75, 3.05) is 12.4 Å². The van der Waals surface area contributed by atoms with Crippen molar-refractivity contribution in [1.82, 2.24) is 0 Å². The highest BCUT2D eigenvalue weighted by Crippen LogP contribution is 2.27. The van der Waals surface area contributed by atoms with E-state index < -0.39 is 16.8 Å². The summed E-state index contributed by atoms with van der Waals surface area (Å²) >= 11 is 5.99. The van der Waals surface area contributed by atoms with E-state index in [0.29, 0.717) is 16.9 Å². The van der Waals surface area contributed by atoms with Gasteiger partial charge >= 0.3 is 5.97 Å². The van der Waals surface area contributed by atoms with E-state index in [4.69, 9.17) is 21.1 Å². The number of nitro benzene ring substituents is 1. The van der Waals surface area contributed by atoms with Crippen molar-refractivity contribution in [3.8, 4) is 17.6 Å². The molecule has 0 radical (unpaired) electrons. The lowest BCUT2D eigenvalue weighted by atomic mass is 10.1. The molecule has 0 fully saturated rings. The highest BCUT2D eigenvalue weighted by atomic mass is 35.5. The van der Waals surface area contributed by atoms with Gasteiger partial charge in [0.1, 0.15) is 23.1 Å². The minimum atomic E-state index is -0.814. The number of hydrogen-bond donors (Lipinski definition) is 1. The Morgan fingerprint density at radius 1 is 1.09 bits per heavy atom. The molecule has 0 heterocycles. The molecule has 1 N–H and O–H groups in total. The molecule has 0 saturated heterocycles. The van der Waals surface area contributed by atoms with Crippen LogP contribution in [0.3, 0.4) is 0 Å². The SMILES string of the molecule is COc1ccc(C(=O)Oc2cccc(/C=C(\C#N)C(=O)Nc3cc([N+](=O)[O-])ccc3Cl)c2)cc1. The van der Waals surface area contributed by atoms with Crippen LogP contribution in [0.2, 0.25) is 5.02 Å². The summed E-state index contributed by atoms with van der Waals surface area (Å²) in [5, 5.41) is 22.9. The third-order valence-electron chi connectivity index (χ3n) is 4.48. The molecule has 3 aromatic rings. The Morgan fingerprint density at radius 3 is 2.47 bits per heavy atom. The van der Waals surface area contributed by atoms with Gasteiger partial charge in [0.25, 0.3) is 11.6 Å². The van der Waals surface area contributed by atoms with Crippen LogP contribution in [0, 0.1) is 21.4 Å².